The van der Waals surface area contributed by atoms with Gasteiger partial charge in [0, 0.05) is 11.3 Å². The first kappa shape index (κ1) is 22.3. The van der Waals surface area contributed by atoms with E-state index in [1.54, 1.807) is 0 Å². The molecule has 2 heteroatoms. The molecular weight excluding hydrogens is 569 g/mol. The number of nitrogens with zero attached hydrogens (tertiary/aromatic N) is 2. The average Bonchev–Trinajstić information content (AvgIpc) is 3.58. The third-order valence-electron chi connectivity index (χ3n) is 8.87. The third-order valence-corrected chi connectivity index (χ3v) is 8.87. The number of rotatable bonds is 5. The normalized spacial score (nSPS) is 12.9. The first-order valence-electron chi connectivity index (χ1n) is 18.2. The van der Waals surface area contributed by atoms with E-state index in [4.69, 9.17) is 11.8 Å². The van der Waals surface area contributed by atoms with Gasteiger partial charge in [-0.2, -0.15) is 0 Å². The van der Waals surface area contributed by atoms with E-state index in [9.17, 15) is 0 Å². The van der Waals surface area contributed by atoms with Gasteiger partial charge >= 0.3 is 0 Å². The van der Waals surface area contributed by atoms with Gasteiger partial charge in [0.05, 0.1) is 17.9 Å². The standard InChI is InChI=1S/C45H30N2/c1-3-15-31(16-4-1)33-19-13-20-34(29-33)43-37-23-7-9-25-39(37)44(40-26-10-8-24-38(40)43)35-21-14-22-36(30-35)47-42-28-12-11-27-41(42)46-45(47)32-17-5-2-6-18-32/h1-30H/i2D,5D,6D,17D,18D. The minimum atomic E-state index is -0.433. The molecule has 0 fully saturated rings. The van der Waals surface area contributed by atoms with Gasteiger partial charge in [-0.3, -0.25) is 4.57 Å². The molecule has 0 spiro atoms. The molecule has 0 bridgehead atoms. The van der Waals surface area contributed by atoms with Crippen LogP contribution in [0.15, 0.2) is 182 Å². The van der Waals surface area contributed by atoms with E-state index in [-0.39, 0.29) is 17.6 Å². The van der Waals surface area contributed by atoms with Gasteiger partial charge < -0.3 is 0 Å². The van der Waals surface area contributed by atoms with Gasteiger partial charge in [0.15, 0.2) is 0 Å². The number of hydrogen-bond donors (Lipinski definition) is 0. The summed E-state index contributed by atoms with van der Waals surface area (Å²) in [5, 5.41) is 4.50. The molecule has 1 aromatic heterocycles. The first-order valence-corrected chi connectivity index (χ1v) is 15.7. The molecule has 0 unspecified atom stereocenters. The van der Waals surface area contributed by atoms with Crippen LogP contribution in [0.4, 0.5) is 0 Å². The van der Waals surface area contributed by atoms with E-state index < -0.39 is 18.1 Å². The number of benzene rings is 8. The SMILES string of the molecule is [2H]c1c([2H])c([2H])c(-c2nc3ccccc3n2-c2cccc(-c3c4ccccc4c(-c4cccc(-c5ccccc5)c4)c4ccccc34)c2)c([2H])c1[2H]. The van der Waals surface area contributed by atoms with Crippen LogP contribution in [0.3, 0.4) is 0 Å². The van der Waals surface area contributed by atoms with Crippen molar-refractivity contribution in [1.29, 1.82) is 0 Å². The highest BCUT2D eigenvalue weighted by atomic mass is 15.1. The lowest BCUT2D eigenvalue weighted by Gasteiger charge is -2.19. The molecule has 0 saturated heterocycles. The Bertz CT molecular complexity index is 2770. The van der Waals surface area contributed by atoms with Crippen LogP contribution in [-0.2, 0) is 0 Å². The maximum atomic E-state index is 8.79. The van der Waals surface area contributed by atoms with Crippen molar-refractivity contribution >= 4 is 32.6 Å². The van der Waals surface area contributed by atoms with Crippen molar-refractivity contribution in [2.45, 2.75) is 0 Å². The Balaban J connectivity index is 1.30. The molecule has 0 aliphatic heterocycles. The summed E-state index contributed by atoms with van der Waals surface area (Å²) in [7, 11) is 0. The van der Waals surface area contributed by atoms with Gasteiger partial charge in [-0.15, -0.1) is 0 Å². The topological polar surface area (TPSA) is 17.8 Å². The molecule has 8 aromatic carbocycles. The lowest BCUT2D eigenvalue weighted by Crippen LogP contribution is -1.98. The predicted octanol–water partition coefficient (Wildman–Crippen LogP) is 12.0. The second-order valence-electron chi connectivity index (χ2n) is 11.6. The van der Waals surface area contributed by atoms with Crippen LogP contribution in [-0.4, -0.2) is 9.55 Å². The third kappa shape index (κ3) is 4.62. The van der Waals surface area contributed by atoms with Gasteiger partial charge in [-0.05, 0) is 85.3 Å². The number of fused-ring (bicyclic) bond motifs is 3. The second kappa shape index (κ2) is 11.3. The summed E-state index contributed by atoms with van der Waals surface area (Å²) in [6.45, 7) is 0. The van der Waals surface area contributed by atoms with Crippen LogP contribution in [0, 0.1) is 0 Å². The molecular formula is C45H30N2. The van der Waals surface area contributed by atoms with Gasteiger partial charge in [0.25, 0.3) is 0 Å². The highest BCUT2D eigenvalue weighted by Crippen LogP contribution is 2.44. The number of para-hydroxylation sites is 2. The molecule has 0 aliphatic rings. The van der Waals surface area contributed by atoms with Crippen LogP contribution in [0.25, 0.3) is 83.0 Å². The van der Waals surface area contributed by atoms with E-state index in [1.807, 2.05) is 47.0 Å². The predicted molar refractivity (Wildman–Crippen MR) is 198 cm³/mol. The zero-order chi connectivity index (χ0) is 35.5. The van der Waals surface area contributed by atoms with E-state index >= 15 is 0 Å². The highest BCUT2D eigenvalue weighted by molar-refractivity contribution is 6.21. The maximum absolute atomic E-state index is 8.79. The molecule has 47 heavy (non-hydrogen) atoms. The molecule has 9 rings (SSSR count). The van der Waals surface area contributed by atoms with E-state index in [1.165, 1.54) is 11.1 Å². The fraction of sp³-hybridized carbons (Fsp3) is 0. The summed E-state index contributed by atoms with van der Waals surface area (Å²) in [4.78, 5) is 4.86. The van der Waals surface area contributed by atoms with Crippen molar-refractivity contribution in [1.82, 2.24) is 9.55 Å². The zero-order valence-electron chi connectivity index (χ0n) is 30.3. The Labute approximate surface area is 280 Å². The average molecular weight is 604 g/mol. The largest absolute Gasteiger partial charge is 0.292 e. The molecule has 0 amide bonds. The summed E-state index contributed by atoms with van der Waals surface area (Å²) in [5.74, 6) is 0.290. The smallest absolute Gasteiger partial charge is 0.145 e. The molecule has 0 aliphatic carbocycles. The Morgan fingerprint density at radius 2 is 0.957 bits per heavy atom. The monoisotopic (exact) mass is 603 g/mol. The van der Waals surface area contributed by atoms with Crippen molar-refractivity contribution in [3.8, 4) is 50.5 Å². The lowest BCUT2D eigenvalue weighted by atomic mass is 9.85. The molecule has 1 heterocycles. The number of hydrogen-bond acceptors (Lipinski definition) is 1. The second-order valence-corrected chi connectivity index (χ2v) is 11.6. The summed E-state index contributed by atoms with van der Waals surface area (Å²) in [6.07, 6.45) is 0. The highest BCUT2D eigenvalue weighted by Gasteiger charge is 2.19. The van der Waals surface area contributed by atoms with Crippen LogP contribution in [0.5, 0.6) is 0 Å². The van der Waals surface area contributed by atoms with Crippen molar-refractivity contribution in [3.05, 3.63) is 182 Å². The van der Waals surface area contributed by atoms with Crippen LogP contribution < -0.4 is 0 Å². The summed E-state index contributed by atoms with van der Waals surface area (Å²) < 4.78 is 44.4. The fourth-order valence-electron chi connectivity index (χ4n) is 6.85. The van der Waals surface area contributed by atoms with Gasteiger partial charge in [0.1, 0.15) is 5.82 Å². The molecule has 0 atom stereocenters. The van der Waals surface area contributed by atoms with Crippen molar-refractivity contribution in [2.75, 3.05) is 0 Å². The Kier molecular flexibility index (Phi) is 5.35. The van der Waals surface area contributed by atoms with Crippen LogP contribution in [0.1, 0.15) is 6.85 Å². The molecule has 9 aromatic rings. The van der Waals surface area contributed by atoms with Crippen LogP contribution >= 0.6 is 0 Å². The minimum Gasteiger partial charge on any atom is -0.292 e. The van der Waals surface area contributed by atoms with Crippen LogP contribution in [0.2, 0.25) is 0 Å². The Morgan fingerprint density at radius 1 is 0.426 bits per heavy atom. The van der Waals surface area contributed by atoms with Crippen molar-refractivity contribution < 1.29 is 6.85 Å². The maximum Gasteiger partial charge on any atom is 0.145 e. The lowest BCUT2D eigenvalue weighted by molar-refractivity contribution is 1.10. The van der Waals surface area contributed by atoms with Crippen molar-refractivity contribution in [3.63, 3.8) is 0 Å². The fourth-order valence-corrected chi connectivity index (χ4v) is 6.85. The van der Waals surface area contributed by atoms with Gasteiger partial charge in [0.2, 0.25) is 0 Å². The molecule has 220 valence electrons. The minimum absolute atomic E-state index is 0.0607. The van der Waals surface area contributed by atoms with Gasteiger partial charge in [-0.25, -0.2) is 4.98 Å². The number of imidazole rings is 1. The summed E-state index contributed by atoms with van der Waals surface area (Å²) >= 11 is 0. The first-order chi connectivity index (χ1) is 25.4. The number of aromatic nitrogens is 2. The summed E-state index contributed by atoms with van der Waals surface area (Å²) in [6, 6.07) is 50.3. The van der Waals surface area contributed by atoms with E-state index in [0.717, 1.165) is 55.0 Å². The molecule has 0 saturated carbocycles. The van der Waals surface area contributed by atoms with E-state index in [0.29, 0.717) is 11.3 Å². The quantitative estimate of drug-likeness (QED) is 0.179. The van der Waals surface area contributed by atoms with E-state index in [2.05, 4.69) is 109 Å². The van der Waals surface area contributed by atoms with Gasteiger partial charge in [-0.1, -0.05) is 152 Å². The molecule has 2 nitrogen and oxygen atoms in total. The molecule has 0 N–H and O–H groups in total. The van der Waals surface area contributed by atoms with Crippen molar-refractivity contribution in [2.24, 2.45) is 0 Å². The Hall–Kier alpha value is -6.25. The summed E-state index contributed by atoms with van der Waals surface area (Å²) in [5.41, 5.74) is 8.97. The zero-order valence-corrected chi connectivity index (χ0v) is 25.3. The molecule has 0 radical (unpaired) electrons. The Morgan fingerprint density at radius 3 is 1.64 bits per heavy atom.